The fourth-order valence-electron chi connectivity index (χ4n) is 3.76. The molecule has 5 rings (SSSR count). The molecule has 150 valence electrons. The number of hydrogen-bond acceptors (Lipinski definition) is 3. The molecule has 0 unspecified atom stereocenters. The van der Waals surface area contributed by atoms with Crippen LogP contribution in [0.1, 0.15) is 31.9 Å². The van der Waals surface area contributed by atoms with Crippen LogP contribution in [0.3, 0.4) is 0 Å². The van der Waals surface area contributed by atoms with E-state index in [1.54, 1.807) is 0 Å². The molecule has 0 spiro atoms. The minimum Gasteiger partial charge on any atom is -0.320 e. The number of anilines is 2. The van der Waals surface area contributed by atoms with Crippen LogP contribution in [0.25, 0.3) is 20.2 Å². The number of rotatable bonds is 4. The van der Waals surface area contributed by atoms with Crippen LogP contribution in [0.4, 0.5) is 10.0 Å². The highest BCUT2D eigenvalue weighted by Gasteiger charge is 2.17. The van der Waals surface area contributed by atoms with Crippen molar-refractivity contribution in [1.29, 1.82) is 0 Å². The highest BCUT2D eigenvalue weighted by atomic mass is 32.1. The molecule has 0 fully saturated rings. The summed E-state index contributed by atoms with van der Waals surface area (Å²) < 4.78 is 2.67. The van der Waals surface area contributed by atoms with Crippen molar-refractivity contribution in [3.63, 3.8) is 0 Å². The number of hydrogen-bond donors (Lipinski definition) is 0. The maximum absolute atomic E-state index is 2.47. The maximum Gasteiger partial charge on any atom is 0.0974 e. The van der Waals surface area contributed by atoms with Gasteiger partial charge in [-0.1, -0.05) is 81.4 Å². The van der Waals surface area contributed by atoms with Crippen LogP contribution in [0, 0.1) is 0 Å². The molecule has 3 heteroatoms. The van der Waals surface area contributed by atoms with Gasteiger partial charge in [0.1, 0.15) is 0 Å². The molecule has 0 aliphatic rings. The summed E-state index contributed by atoms with van der Waals surface area (Å²) >= 11 is 3.74. The van der Waals surface area contributed by atoms with E-state index in [2.05, 4.69) is 111 Å². The molecule has 0 bridgehead atoms. The first-order valence-corrected chi connectivity index (χ1v) is 11.9. The first-order valence-electron chi connectivity index (χ1n) is 10.3. The predicted molar refractivity (Wildman–Crippen MR) is 135 cm³/mol. The van der Waals surface area contributed by atoms with Crippen molar-refractivity contribution in [3.8, 4) is 0 Å². The van der Waals surface area contributed by atoms with Gasteiger partial charge in [-0.3, -0.25) is 0 Å². The fourth-order valence-corrected chi connectivity index (χ4v) is 5.97. The van der Waals surface area contributed by atoms with Crippen LogP contribution in [-0.4, -0.2) is 0 Å². The Morgan fingerprint density at radius 2 is 1.17 bits per heavy atom. The molecule has 0 amide bonds. The zero-order valence-corrected chi connectivity index (χ0v) is 19.2. The summed E-state index contributed by atoms with van der Waals surface area (Å²) in [4.78, 5) is 2.47. The second-order valence-corrected chi connectivity index (χ2v) is 10.9. The number of benzene rings is 3. The Morgan fingerprint density at radius 3 is 1.63 bits per heavy atom. The maximum atomic E-state index is 2.47. The van der Waals surface area contributed by atoms with E-state index in [1.165, 1.54) is 41.3 Å². The van der Waals surface area contributed by atoms with Crippen LogP contribution in [0.15, 0.2) is 84.9 Å². The normalized spacial score (nSPS) is 12.0. The molecule has 5 aromatic rings. The van der Waals surface area contributed by atoms with Crippen molar-refractivity contribution < 1.29 is 0 Å². The van der Waals surface area contributed by atoms with E-state index in [-0.39, 0.29) is 5.41 Å². The fraction of sp³-hybridized carbons (Fsp3) is 0.185. The van der Waals surface area contributed by atoms with E-state index < -0.39 is 0 Å². The summed E-state index contributed by atoms with van der Waals surface area (Å²) in [5.41, 5.74) is 2.88. The Balaban J connectivity index is 1.57. The van der Waals surface area contributed by atoms with Gasteiger partial charge >= 0.3 is 0 Å². The lowest BCUT2D eigenvalue weighted by molar-refractivity contribution is 0.590. The van der Waals surface area contributed by atoms with Gasteiger partial charge in [-0.15, -0.1) is 22.7 Å². The third kappa shape index (κ3) is 3.76. The van der Waals surface area contributed by atoms with Crippen LogP contribution >= 0.6 is 22.7 Å². The zero-order valence-electron chi connectivity index (χ0n) is 17.6. The highest BCUT2D eigenvalue weighted by Crippen LogP contribution is 2.42. The van der Waals surface area contributed by atoms with E-state index in [1.807, 2.05) is 22.7 Å². The van der Waals surface area contributed by atoms with Gasteiger partial charge in [0.2, 0.25) is 0 Å². The molecular weight excluding hydrogens is 402 g/mol. The van der Waals surface area contributed by atoms with Gasteiger partial charge in [-0.25, -0.2) is 0 Å². The average molecular weight is 428 g/mol. The van der Waals surface area contributed by atoms with Crippen LogP contribution < -0.4 is 4.90 Å². The van der Waals surface area contributed by atoms with E-state index in [0.29, 0.717) is 0 Å². The average Bonchev–Trinajstić information content (AvgIpc) is 3.35. The first kappa shape index (κ1) is 19.3. The molecule has 3 aromatic carbocycles. The smallest absolute Gasteiger partial charge is 0.0974 e. The van der Waals surface area contributed by atoms with E-state index in [9.17, 15) is 0 Å². The third-order valence-electron chi connectivity index (χ3n) is 5.52. The summed E-state index contributed by atoms with van der Waals surface area (Å²) in [7, 11) is 0. The van der Waals surface area contributed by atoms with Crippen molar-refractivity contribution in [2.24, 2.45) is 0 Å². The monoisotopic (exact) mass is 427 g/mol. The molecule has 0 saturated carbocycles. The van der Waals surface area contributed by atoms with Crippen LogP contribution in [0.2, 0.25) is 0 Å². The molecule has 2 aromatic heterocycles. The molecule has 0 N–H and O–H groups in total. The van der Waals surface area contributed by atoms with Gasteiger partial charge < -0.3 is 4.90 Å². The Bertz CT molecular complexity index is 1160. The van der Waals surface area contributed by atoms with Crippen molar-refractivity contribution in [2.45, 2.75) is 32.7 Å². The summed E-state index contributed by atoms with van der Waals surface area (Å²) in [5.74, 6) is 0. The zero-order chi connectivity index (χ0) is 20.7. The first-order chi connectivity index (χ1) is 14.5. The quantitative estimate of drug-likeness (QED) is 0.277. The second-order valence-electron chi connectivity index (χ2n) is 8.78. The van der Waals surface area contributed by atoms with Gasteiger partial charge in [-0.05, 0) is 51.6 Å². The van der Waals surface area contributed by atoms with Gasteiger partial charge in [0.05, 0.1) is 10.0 Å². The number of fused-ring (bicyclic) bond motifs is 2. The molecule has 0 radical (unpaired) electrons. The summed E-state index contributed by atoms with van der Waals surface area (Å²) in [6.45, 7) is 7.66. The highest BCUT2D eigenvalue weighted by molar-refractivity contribution is 7.25. The van der Waals surface area contributed by atoms with Gasteiger partial charge in [0.25, 0.3) is 0 Å². The topological polar surface area (TPSA) is 3.24 Å². The Hall–Kier alpha value is -2.62. The van der Waals surface area contributed by atoms with Gasteiger partial charge in [0, 0.05) is 15.9 Å². The van der Waals surface area contributed by atoms with E-state index >= 15 is 0 Å². The summed E-state index contributed by atoms with van der Waals surface area (Å²) in [6, 6.07) is 31.1. The Kier molecular flexibility index (Phi) is 4.88. The molecule has 1 nitrogen and oxygen atoms in total. The minimum absolute atomic E-state index is 0.176. The third-order valence-corrected chi connectivity index (χ3v) is 7.80. The molecule has 0 aliphatic carbocycles. The molecule has 0 saturated heterocycles. The van der Waals surface area contributed by atoms with Gasteiger partial charge in [0.15, 0.2) is 0 Å². The largest absolute Gasteiger partial charge is 0.320 e. The lowest BCUT2D eigenvalue weighted by Gasteiger charge is -2.23. The van der Waals surface area contributed by atoms with Crippen molar-refractivity contribution >= 4 is 52.8 Å². The molecule has 2 heterocycles. The van der Waals surface area contributed by atoms with Crippen molar-refractivity contribution in [3.05, 3.63) is 96.1 Å². The summed E-state index contributed by atoms with van der Waals surface area (Å²) in [6.07, 6.45) is 0. The lowest BCUT2D eigenvalue weighted by Crippen LogP contribution is -2.15. The Labute approximate surface area is 186 Å². The van der Waals surface area contributed by atoms with E-state index in [0.717, 1.165) is 6.54 Å². The Morgan fingerprint density at radius 1 is 0.667 bits per heavy atom. The number of thiophene rings is 2. The second kappa shape index (κ2) is 7.57. The SMILES string of the molecule is CC(C)(C)c1ccc(CN(c2cc3ccccc3s2)c2cc3ccccc3s2)cc1. The van der Waals surface area contributed by atoms with Gasteiger partial charge in [-0.2, -0.15) is 0 Å². The van der Waals surface area contributed by atoms with Crippen molar-refractivity contribution in [2.75, 3.05) is 4.90 Å². The lowest BCUT2D eigenvalue weighted by atomic mass is 9.87. The van der Waals surface area contributed by atoms with Crippen LogP contribution in [-0.2, 0) is 12.0 Å². The predicted octanol–water partition coefficient (Wildman–Crippen LogP) is 8.75. The molecule has 0 atom stereocenters. The number of nitrogens with zero attached hydrogens (tertiary/aromatic N) is 1. The summed E-state index contributed by atoms with van der Waals surface area (Å²) in [5, 5.41) is 5.21. The minimum atomic E-state index is 0.176. The molecular formula is C27H25NS2. The molecule has 30 heavy (non-hydrogen) atoms. The van der Waals surface area contributed by atoms with Crippen LogP contribution in [0.5, 0.6) is 0 Å². The molecule has 0 aliphatic heterocycles. The standard InChI is InChI=1S/C27H25NS2/c1-27(2,3)22-14-12-19(13-15-22)18-28(25-16-20-8-4-6-10-23(20)29-25)26-17-21-9-5-7-11-24(21)30-26/h4-17H,18H2,1-3H3. The van der Waals surface area contributed by atoms with E-state index in [4.69, 9.17) is 0 Å². The van der Waals surface area contributed by atoms with Crippen molar-refractivity contribution in [1.82, 2.24) is 0 Å².